The lowest BCUT2D eigenvalue weighted by Crippen LogP contribution is -2.25. The second-order valence-electron chi connectivity index (χ2n) is 4.72. The summed E-state index contributed by atoms with van der Waals surface area (Å²) >= 11 is 5.74. The lowest BCUT2D eigenvalue weighted by atomic mass is 9.97. The largest absolute Gasteiger partial charge is 0.306 e. The first-order valence-corrected chi connectivity index (χ1v) is 7.04. The van der Waals surface area contributed by atoms with Gasteiger partial charge in [0.15, 0.2) is 0 Å². The van der Waals surface area contributed by atoms with Crippen molar-refractivity contribution in [1.82, 2.24) is 5.32 Å². The van der Waals surface area contributed by atoms with Gasteiger partial charge in [0, 0.05) is 22.2 Å². The minimum absolute atomic E-state index is 0.200. The third-order valence-electron chi connectivity index (χ3n) is 3.15. The van der Waals surface area contributed by atoms with Gasteiger partial charge in [-0.05, 0) is 31.2 Å². The van der Waals surface area contributed by atoms with Gasteiger partial charge in [0.05, 0.1) is 6.04 Å². The molecule has 0 aliphatic carbocycles. The fourth-order valence-corrected chi connectivity index (χ4v) is 2.31. The Labute approximate surface area is 126 Å². The Morgan fingerprint density at radius 2 is 1.62 bits per heavy atom. The molecule has 0 spiro atoms. The van der Waals surface area contributed by atoms with Crippen molar-refractivity contribution in [2.24, 2.45) is 0 Å². The smallest absolute Gasteiger partial charge is 0.131 e. The first-order chi connectivity index (χ1) is 10.0. The third kappa shape index (κ3) is 3.77. The molecule has 0 heterocycles. The first kappa shape index (κ1) is 15.9. The van der Waals surface area contributed by atoms with Crippen LogP contribution in [0.25, 0.3) is 0 Å². The number of nitrogens with one attached hydrogen (secondary N) is 1. The van der Waals surface area contributed by atoms with E-state index < -0.39 is 23.5 Å². The van der Waals surface area contributed by atoms with Crippen LogP contribution in [0.15, 0.2) is 36.4 Å². The van der Waals surface area contributed by atoms with Crippen molar-refractivity contribution >= 4 is 11.6 Å². The number of halogens is 4. The minimum Gasteiger partial charge on any atom is -0.306 e. The van der Waals surface area contributed by atoms with Gasteiger partial charge in [-0.25, -0.2) is 13.2 Å². The van der Waals surface area contributed by atoms with Crippen LogP contribution in [0.3, 0.4) is 0 Å². The van der Waals surface area contributed by atoms with E-state index in [9.17, 15) is 13.2 Å². The van der Waals surface area contributed by atoms with Crippen LogP contribution in [0.1, 0.15) is 30.5 Å². The van der Waals surface area contributed by atoms with E-state index in [-0.39, 0.29) is 16.1 Å². The average Bonchev–Trinajstić information content (AvgIpc) is 2.42. The van der Waals surface area contributed by atoms with Gasteiger partial charge in [0.25, 0.3) is 0 Å². The molecule has 21 heavy (non-hydrogen) atoms. The fraction of sp³-hybridized carbons (Fsp3) is 0.250. The van der Waals surface area contributed by atoms with Gasteiger partial charge < -0.3 is 5.32 Å². The highest BCUT2D eigenvalue weighted by atomic mass is 35.5. The number of hydrogen-bond donors (Lipinski definition) is 1. The average molecular weight is 314 g/mol. The molecular formula is C16H15ClF3N. The van der Waals surface area contributed by atoms with E-state index in [4.69, 9.17) is 11.6 Å². The monoisotopic (exact) mass is 313 g/mol. The summed E-state index contributed by atoms with van der Waals surface area (Å²) in [6, 6.07) is 6.82. The summed E-state index contributed by atoms with van der Waals surface area (Å²) < 4.78 is 41.1. The molecule has 2 aromatic rings. The van der Waals surface area contributed by atoms with Crippen molar-refractivity contribution < 1.29 is 13.2 Å². The zero-order valence-corrected chi connectivity index (χ0v) is 12.2. The van der Waals surface area contributed by atoms with Gasteiger partial charge in [-0.3, -0.25) is 0 Å². The molecule has 0 aliphatic rings. The third-order valence-corrected chi connectivity index (χ3v) is 3.38. The van der Waals surface area contributed by atoms with E-state index in [2.05, 4.69) is 5.32 Å². The quantitative estimate of drug-likeness (QED) is 0.832. The molecule has 0 bridgehead atoms. The summed E-state index contributed by atoms with van der Waals surface area (Å²) in [5, 5.41) is 3.35. The van der Waals surface area contributed by atoms with Gasteiger partial charge in [-0.15, -0.1) is 0 Å². The predicted molar refractivity (Wildman–Crippen MR) is 77.9 cm³/mol. The van der Waals surface area contributed by atoms with Crippen LogP contribution in [-0.2, 0) is 0 Å². The van der Waals surface area contributed by atoms with Crippen LogP contribution in [-0.4, -0.2) is 6.54 Å². The topological polar surface area (TPSA) is 12.0 Å². The van der Waals surface area contributed by atoms with Crippen molar-refractivity contribution in [3.63, 3.8) is 0 Å². The molecule has 0 aliphatic heterocycles. The lowest BCUT2D eigenvalue weighted by Gasteiger charge is -2.21. The predicted octanol–water partition coefficient (Wildman–Crippen LogP) is 4.85. The minimum atomic E-state index is -0.710. The Morgan fingerprint density at radius 3 is 2.19 bits per heavy atom. The van der Waals surface area contributed by atoms with Crippen molar-refractivity contribution in [3.8, 4) is 0 Å². The molecular weight excluding hydrogens is 299 g/mol. The zero-order chi connectivity index (χ0) is 15.4. The normalized spacial score (nSPS) is 12.4. The van der Waals surface area contributed by atoms with Gasteiger partial charge in [-0.1, -0.05) is 30.7 Å². The molecule has 1 nitrogen and oxygen atoms in total. The Hall–Kier alpha value is -1.52. The standard InChI is InChI=1S/C16H15ClF3N/c1-2-7-21-16(12-5-3-10(17)8-14(12)19)13-6-4-11(18)9-15(13)20/h3-6,8-9,16,21H,2,7H2,1H3. The molecule has 0 amide bonds. The van der Waals surface area contributed by atoms with Crippen LogP contribution in [0, 0.1) is 17.5 Å². The van der Waals surface area contributed by atoms with E-state index in [0.717, 1.165) is 18.6 Å². The van der Waals surface area contributed by atoms with Gasteiger partial charge in [-0.2, -0.15) is 0 Å². The van der Waals surface area contributed by atoms with E-state index in [1.54, 1.807) is 6.07 Å². The zero-order valence-electron chi connectivity index (χ0n) is 11.5. The summed E-state index contributed by atoms with van der Waals surface area (Å²) in [6.07, 6.45) is 0.800. The second kappa shape index (κ2) is 6.96. The summed E-state index contributed by atoms with van der Waals surface area (Å²) in [4.78, 5) is 0. The van der Waals surface area contributed by atoms with Gasteiger partial charge in [0.2, 0.25) is 0 Å². The molecule has 0 saturated carbocycles. The summed E-state index contributed by atoms with van der Waals surface area (Å²) in [6.45, 7) is 2.52. The van der Waals surface area contributed by atoms with Crippen molar-refractivity contribution in [2.45, 2.75) is 19.4 Å². The van der Waals surface area contributed by atoms with Crippen LogP contribution < -0.4 is 5.32 Å². The Morgan fingerprint density at radius 1 is 1.00 bits per heavy atom. The Kier molecular flexibility index (Phi) is 5.26. The van der Waals surface area contributed by atoms with Crippen molar-refractivity contribution in [1.29, 1.82) is 0 Å². The summed E-state index contributed by atoms with van der Waals surface area (Å²) in [5.74, 6) is -1.90. The molecule has 2 aromatic carbocycles. The molecule has 1 atom stereocenters. The van der Waals surface area contributed by atoms with Gasteiger partial charge >= 0.3 is 0 Å². The van der Waals surface area contributed by atoms with Crippen LogP contribution in [0.2, 0.25) is 5.02 Å². The molecule has 112 valence electrons. The number of benzene rings is 2. The van der Waals surface area contributed by atoms with Crippen LogP contribution in [0.4, 0.5) is 13.2 Å². The van der Waals surface area contributed by atoms with E-state index in [1.807, 2.05) is 6.92 Å². The second-order valence-corrected chi connectivity index (χ2v) is 5.16. The molecule has 0 radical (unpaired) electrons. The highest BCUT2D eigenvalue weighted by molar-refractivity contribution is 6.30. The molecule has 0 fully saturated rings. The Balaban J connectivity index is 2.46. The highest BCUT2D eigenvalue weighted by Crippen LogP contribution is 2.28. The van der Waals surface area contributed by atoms with Crippen LogP contribution in [0.5, 0.6) is 0 Å². The van der Waals surface area contributed by atoms with Crippen LogP contribution >= 0.6 is 11.6 Å². The SMILES string of the molecule is CCCNC(c1ccc(F)cc1F)c1ccc(Cl)cc1F. The van der Waals surface area contributed by atoms with E-state index >= 15 is 0 Å². The van der Waals surface area contributed by atoms with Crippen molar-refractivity contribution in [3.05, 3.63) is 70.0 Å². The molecule has 2 rings (SSSR count). The number of rotatable bonds is 5. The maximum Gasteiger partial charge on any atom is 0.131 e. The molecule has 0 aromatic heterocycles. The molecule has 1 N–H and O–H groups in total. The maximum absolute atomic E-state index is 14.1. The number of hydrogen-bond acceptors (Lipinski definition) is 1. The van der Waals surface area contributed by atoms with E-state index in [0.29, 0.717) is 6.54 Å². The van der Waals surface area contributed by atoms with E-state index in [1.165, 1.54) is 18.2 Å². The molecule has 0 saturated heterocycles. The molecule has 5 heteroatoms. The molecule has 1 unspecified atom stereocenters. The van der Waals surface area contributed by atoms with Gasteiger partial charge in [0.1, 0.15) is 17.5 Å². The van der Waals surface area contributed by atoms with Crippen molar-refractivity contribution in [2.75, 3.05) is 6.54 Å². The highest BCUT2D eigenvalue weighted by Gasteiger charge is 2.21. The summed E-state index contributed by atoms with van der Waals surface area (Å²) in [5.41, 5.74) is 0.476. The lowest BCUT2D eigenvalue weighted by molar-refractivity contribution is 0.513. The maximum atomic E-state index is 14.1. The summed E-state index contributed by atoms with van der Waals surface area (Å²) in [7, 11) is 0. The first-order valence-electron chi connectivity index (χ1n) is 6.66. The Bertz CT molecular complexity index is 579. The fourth-order valence-electron chi connectivity index (χ4n) is 2.15.